The van der Waals surface area contributed by atoms with Crippen molar-refractivity contribution in [3.8, 4) is 0 Å². The minimum atomic E-state index is -0.509. The molecule has 3 aromatic carbocycles. The van der Waals surface area contributed by atoms with Gasteiger partial charge in [0.25, 0.3) is 0 Å². The third-order valence-corrected chi connectivity index (χ3v) is 3.98. The van der Waals surface area contributed by atoms with Gasteiger partial charge in [0, 0.05) is 0 Å². The highest BCUT2D eigenvalue weighted by Gasteiger charge is 2.20. The predicted octanol–water partition coefficient (Wildman–Crippen LogP) is 5.58. The molecule has 3 rings (SSSR count). The first-order valence-corrected chi connectivity index (χ1v) is 8.25. The molecule has 0 fully saturated rings. The molecule has 1 amide bonds. The van der Waals surface area contributed by atoms with E-state index < -0.39 is 11.7 Å². The fraction of sp³-hybridized carbons (Fsp3) is 0.286. The van der Waals surface area contributed by atoms with Gasteiger partial charge >= 0.3 is 6.09 Å². The molecule has 0 heterocycles. The Hall–Kier alpha value is -2.55. The van der Waals surface area contributed by atoms with Crippen LogP contribution in [0.1, 0.15) is 39.3 Å². The lowest BCUT2D eigenvalue weighted by atomic mass is 9.93. The molecule has 1 unspecified atom stereocenters. The van der Waals surface area contributed by atoms with E-state index in [1.165, 1.54) is 10.8 Å². The Kier molecular flexibility index (Phi) is 4.18. The van der Waals surface area contributed by atoms with Gasteiger partial charge in [-0.15, -0.1) is 0 Å². The molecule has 0 saturated heterocycles. The van der Waals surface area contributed by atoms with Crippen LogP contribution in [0.3, 0.4) is 0 Å². The molecule has 0 aliphatic rings. The zero-order chi connectivity index (χ0) is 17.3. The molecule has 24 heavy (non-hydrogen) atoms. The molecule has 3 heteroatoms. The van der Waals surface area contributed by atoms with Crippen molar-refractivity contribution in [2.45, 2.75) is 39.3 Å². The van der Waals surface area contributed by atoms with Gasteiger partial charge in [0.15, 0.2) is 0 Å². The van der Waals surface area contributed by atoms with Crippen molar-refractivity contribution in [2.75, 3.05) is 0 Å². The molecular formula is C21H23NO2. The van der Waals surface area contributed by atoms with E-state index in [0.29, 0.717) is 0 Å². The van der Waals surface area contributed by atoms with Crippen molar-refractivity contribution in [1.82, 2.24) is 5.32 Å². The molecule has 0 bridgehead atoms. The highest BCUT2D eigenvalue weighted by molar-refractivity contribution is 6.02. The van der Waals surface area contributed by atoms with Crippen molar-refractivity contribution >= 4 is 27.6 Å². The van der Waals surface area contributed by atoms with Crippen molar-refractivity contribution in [3.63, 3.8) is 0 Å². The normalized spacial score (nSPS) is 13.0. The van der Waals surface area contributed by atoms with Crippen LogP contribution in [0.5, 0.6) is 0 Å². The summed E-state index contributed by atoms with van der Waals surface area (Å²) in [5, 5.41) is 7.62. The lowest BCUT2D eigenvalue weighted by Crippen LogP contribution is -2.34. The minimum Gasteiger partial charge on any atom is -0.444 e. The lowest BCUT2D eigenvalue weighted by Gasteiger charge is -2.23. The molecule has 1 N–H and O–H groups in total. The summed E-state index contributed by atoms with van der Waals surface area (Å²) < 4.78 is 5.40. The van der Waals surface area contributed by atoms with Crippen molar-refractivity contribution < 1.29 is 9.53 Å². The highest BCUT2D eigenvalue weighted by Crippen LogP contribution is 2.32. The summed E-state index contributed by atoms with van der Waals surface area (Å²) in [7, 11) is 0. The van der Waals surface area contributed by atoms with E-state index in [4.69, 9.17) is 4.74 Å². The quantitative estimate of drug-likeness (QED) is 0.626. The molecular weight excluding hydrogens is 298 g/mol. The Bertz CT molecular complexity index is 839. The number of nitrogens with one attached hydrogen (secondary N) is 1. The molecule has 0 spiro atoms. The smallest absolute Gasteiger partial charge is 0.408 e. The van der Waals surface area contributed by atoms with Gasteiger partial charge < -0.3 is 10.1 Å². The van der Waals surface area contributed by atoms with Crippen LogP contribution in [0.25, 0.3) is 21.5 Å². The summed E-state index contributed by atoms with van der Waals surface area (Å²) in [6.45, 7) is 7.60. The third-order valence-electron chi connectivity index (χ3n) is 3.98. The topological polar surface area (TPSA) is 38.3 Å². The van der Waals surface area contributed by atoms with Gasteiger partial charge in [-0.1, -0.05) is 48.5 Å². The van der Waals surface area contributed by atoms with Crippen LogP contribution in [0.2, 0.25) is 0 Å². The average molecular weight is 321 g/mol. The summed E-state index contributed by atoms with van der Waals surface area (Å²) in [4.78, 5) is 12.2. The van der Waals surface area contributed by atoms with E-state index in [0.717, 1.165) is 16.3 Å². The molecule has 0 aliphatic carbocycles. The number of hydrogen-bond acceptors (Lipinski definition) is 2. The van der Waals surface area contributed by atoms with Crippen LogP contribution in [-0.2, 0) is 4.74 Å². The summed E-state index contributed by atoms with van der Waals surface area (Å²) in [6, 6.07) is 18.6. The van der Waals surface area contributed by atoms with Gasteiger partial charge in [-0.2, -0.15) is 0 Å². The number of carbonyl (C=O) groups excluding carboxylic acids is 1. The molecule has 3 aromatic rings. The van der Waals surface area contributed by atoms with Gasteiger partial charge in [0.05, 0.1) is 6.04 Å². The van der Waals surface area contributed by atoms with Crippen LogP contribution in [0.4, 0.5) is 4.79 Å². The number of amides is 1. The van der Waals surface area contributed by atoms with Crippen LogP contribution in [0, 0.1) is 0 Å². The first-order valence-electron chi connectivity index (χ1n) is 8.25. The van der Waals surface area contributed by atoms with E-state index in [1.54, 1.807) is 0 Å². The van der Waals surface area contributed by atoms with E-state index in [2.05, 4.69) is 35.6 Å². The second-order valence-electron chi connectivity index (χ2n) is 7.10. The maximum atomic E-state index is 12.2. The Morgan fingerprint density at radius 2 is 1.46 bits per heavy atom. The fourth-order valence-electron chi connectivity index (χ4n) is 3.07. The standard InChI is InChI=1S/C21H23NO2/c1-14(22-20(23)24-21(2,3)4)19-17-11-7-5-9-15(17)13-16-10-6-8-12-18(16)19/h5-14H,1-4H3,(H,22,23). The predicted molar refractivity (Wildman–Crippen MR) is 99.2 cm³/mol. The van der Waals surface area contributed by atoms with Crippen LogP contribution in [-0.4, -0.2) is 11.7 Å². The maximum absolute atomic E-state index is 12.2. The molecule has 0 aliphatic heterocycles. The Morgan fingerprint density at radius 1 is 0.958 bits per heavy atom. The Balaban J connectivity index is 2.07. The molecule has 124 valence electrons. The number of ether oxygens (including phenoxy) is 1. The zero-order valence-corrected chi connectivity index (χ0v) is 14.6. The lowest BCUT2D eigenvalue weighted by molar-refractivity contribution is 0.0508. The monoisotopic (exact) mass is 321 g/mol. The average Bonchev–Trinajstić information content (AvgIpc) is 2.50. The summed E-state index contributed by atoms with van der Waals surface area (Å²) in [5.74, 6) is 0. The zero-order valence-electron chi connectivity index (χ0n) is 14.6. The number of hydrogen-bond donors (Lipinski definition) is 1. The number of benzene rings is 3. The second kappa shape index (κ2) is 6.16. The van der Waals surface area contributed by atoms with Crippen LogP contribution >= 0.6 is 0 Å². The second-order valence-corrected chi connectivity index (χ2v) is 7.10. The van der Waals surface area contributed by atoms with Gasteiger partial charge in [-0.25, -0.2) is 4.79 Å². The Labute approximate surface area is 142 Å². The number of carbonyl (C=O) groups is 1. The van der Waals surface area contributed by atoms with E-state index in [-0.39, 0.29) is 6.04 Å². The molecule has 0 radical (unpaired) electrons. The fourth-order valence-corrected chi connectivity index (χ4v) is 3.07. The van der Waals surface area contributed by atoms with E-state index >= 15 is 0 Å². The van der Waals surface area contributed by atoms with Crippen LogP contribution in [0.15, 0.2) is 54.6 Å². The van der Waals surface area contributed by atoms with Gasteiger partial charge in [-0.05, 0) is 60.9 Å². The van der Waals surface area contributed by atoms with Crippen molar-refractivity contribution in [3.05, 3.63) is 60.2 Å². The van der Waals surface area contributed by atoms with Crippen LogP contribution < -0.4 is 5.32 Å². The molecule has 1 atom stereocenters. The molecule has 0 saturated carbocycles. The Morgan fingerprint density at radius 3 is 1.96 bits per heavy atom. The van der Waals surface area contributed by atoms with Crippen molar-refractivity contribution in [1.29, 1.82) is 0 Å². The summed E-state index contributed by atoms with van der Waals surface area (Å²) >= 11 is 0. The largest absolute Gasteiger partial charge is 0.444 e. The first-order chi connectivity index (χ1) is 11.3. The summed E-state index contributed by atoms with van der Waals surface area (Å²) in [5.41, 5.74) is 0.611. The van der Waals surface area contributed by atoms with E-state index in [9.17, 15) is 4.79 Å². The number of rotatable bonds is 2. The summed E-state index contributed by atoms with van der Waals surface area (Å²) in [6.07, 6.45) is -0.396. The third kappa shape index (κ3) is 3.35. The number of alkyl carbamates (subject to hydrolysis) is 1. The number of fused-ring (bicyclic) bond motifs is 2. The minimum absolute atomic E-state index is 0.157. The highest BCUT2D eigenvalue weighted by atomic mass is 16.6. The molecule has 3 nitrogen and oxygen atoms in total. The van der Waals surface area contributed by atoms with Gasteiger partial charge in [0.1, 0.15) is 5.60 Å². The maximum Gasteiger partial charge on any atom is 0.408 e. The van der Waals surface area contributed by atoms with E-state index in [1.807, 2.05) is 52.0 Å². The SMILES string of the molecule is CC(NC(=O)OC(C)(C)C)c1c2ccccc2cc2ccccc12. The van der Waals surface area contributed by atoms with Gasteiger partial charge in [-0.3, -0.25) is 0 Å². The van der Waals surface area contributed by atoms with Gasteiger partial charge in [0.2, 0.25) is 0 Å². The van der Waals surface area contributed by atoms with Crippen molar-refractivity contribution in [2.24, 2.45) is 0 Å². The molecule has 0 aromatic heterocycles. The first kappa shape index (κ1) is 16.3.